The number of nitrogens with zero attached hydrogens (tertiary/aromatic N) is 1. The Bertz CT molecular complexity index is 1180. The molecule has 1 aliphatic heterocycles. The number of carbonyl (C=O) groups excluding carboxylic acids is 1. The summed E-state index contributed by atoms with van der Waals surface area (Å²) in [5.41, 5.74) is 0.514. The minimum Gasteiger partial charge on any atom is -0.497 e. The summed E-state index contributed by atoms with van der Waals surface area (Å²) in [6, 6.07) is 22.0. The van der Waals surface area contributed by atoms with Crippen LogP contribution < -0.4 is 10.1 Å². The molecule has 0 radical (unpaired) electrons. The van der Waals surface area contributed by atoms with Crippen LogP contribution in [0.1, 0.15) is 41.6 Å². The van der Waals surface area contributed by atoms with Crippen LogP contribution >= 0.6 is 0 Å². The van der Waals surface area contributed by atoms with Gasteiger partial charge in [-0.15, -0.1) is 0 Å². The predicted molar refractivity (Wildman–Crippen MR) is 131 cm³/mol. The molecule has 1 saturated carbocycles. The molecule has 0 bridgehead atoms. The van der Waals surface area contributed by atoms with E-state index in [-0.39, 0.29) is 11.9 Å². The molecule has 172 valence electrons. The summed E-state index contributed by atoms with van der Waals surface area (Å²) in [6.45, 7) is 1.54. The van der Waals surface area contributed by atoms with Crippen molar-refractivity contribution < 1.29 is 14.6 Å². The van der Waals surface area contributed by atoms with Gasteiger partial charge in [-0.05, 0) is 79.9 Å². The van der Waals surface area contributed by atoms with Crippen LogP contribution in [0.25, 0.3) is 10.8 Å². The molecule has 5 nitrogen and oxygen atoms in total. The highest BCUT2D eigenvalue weighted by molar-refractivity contribution is 5.98. The molecule has 5 heteroatoms. The average Bonchev–Trinajstić information content (AvgIpc) is 2.84. The van der Waals surface area contributed by atoms with Gasteiger partial charge in [0.1, 0.15) is 5.75 Å². The average molecular weight is 445 g/mol. The van der Waals surface area contributed by atoms with Gasteiger partial charge in [-0.2, -0.15) is 0 Å². The fourth-order valence-corrected chi connectivity index (χ4v) is 6.01. The summed E-state index contributed by atoms with van der Waals surface area (Å²) in [5, 5.41) is 17.4. The van der Waals surface area contributed by atoms with Crippen molar-refractivity contribution in [1.29, 1.82) is 0 Å². The largest absolute Gasteiger partial charge is 0.497 e. The van der Waals surface area contributed by atoms with Gasteiger partial charge in [-0.3, -0.25) is 4.79 Å². The Morgan fingerprint density at radius 3 is 2.70 bits per heavy atom. The molecule has 1 amide bonds. The number of nitrogens with one attached hydrogen (secondary N) is 1. The first-order chi connectivity index (χ1) is 15.9. The van der Waals surface area contributed by atoms with E-state index in [0.717, 1.165) is 41.5 Å². The van der Waals surface area contributed by atoms with Crippen LogP contribution in [0.15, 0.2) is 66.7 Å². The van der Waals surface area contributed by atoms with E-state index in [1.54, 1.807) is 7.11 Å². The van der Waals surface area contributed by atoms with Crippen LogP contribution in [0.2, 0.25) is 0 Å². The number of benzene rings is 3. The second-order valence-electron chi connectivity index (χ2n) is 9.81. The number of likely N-dealkylation sites (N-methyl/N-ethyl adjacent to an activating group) is 1. The SMILES string of the molecule is COc1cccc([C@@]23CCN(C)C[C@@]2(O)CC[C@H](NC(=O)c2ccc4ccccc4c2)C3)c1. The van der Waals surface area contributed by atoms with Crippen LogP contribution in [0.3, 0.4) is 0 Å². The first-order valence-electron chi connectivity index (χ1n) is 11.8. The molecule has 3 aromatic rings. The van der Waals surface area contributed by atoms with E-state index in [1.165, 1.54) is 0 Å². The van der Waals surface area contributed by atoms with Gasteiger partial charge in [0.2, 0.25) is 0 Å². The normalized spacial score (nSPS) is 27.7. The molecule has 3 atom stereocenters. The number of likely N-dealkylation sites (tertiary alicyclic amines) is 1. The number of hydrogen-bond acceptors (Lipinski definition) is 4. The van der Waals surface area contributed by atoms with Gasteiger partial charge in [0, 0.05) is 23.6 Å². The van der Waals surface area contributed by atoms with Crippen molar-refractivity contribution in [2.45, 2.75) is 42.7 Å². The molecule has 3 aromatic carbocycles. The van der Waals surface area contributed by atoms with Crippen LogP contribution in [-0.4, -0.2) is 54.8 Å². The highest BCUT2D eigenvalue weighted by atomic mass is 16.5. The van der Waals surface area contributed by atoms with Crippen molar-refractivity contribution >= 4 is 16.7 Å². The fourth-order valence-electron chi connectivity index (χ4n) is 6.01. The van der Waals surface area contributed by atoms with Gasteiger partial charge in [0.05, 0.1) is 12.7 Å². The van der Waals surface area contributed by atoms with E-state index in [0.29, 0.717) is 24.9 Å². The topological polar surface area (TPSA) is 61.8 Å². The number of ether oxygens (including phenoxy) is 1. The third kappa shape index (κ3) is 3.90. The highest BCUT2D eigenvalue weighted by Crippen LogP contribution is 2.52. The summed E-state index contributed by atoms with van der Waals surface area (Å²) < 4.78 is 5.50. The Kier molecular flexibility index (Phi) is 5.63. The van der Waals surface area contributed by atoms with Crippen molar-refractivity contribution in [3.05, 3.63) is 77.9 Å². The minimum absolute atomic E-state index is 0.00106. The second kappa shape index (κ2) is 8.47. The van der Waals surface area contributed by atoms with E-state index in [9.17, 15) is 9.90 Å². The summed E-state index contributed by atoms with van der Waals surface area (Å²) in [5.74, 6) is 0.746. The molecule has 5 rings (SSSR count). The molecular weight excluding hydrogens is 412 g/mol. The third-order valence-electron chi connectivity index (χ3n) is 7.81. The van der Waals surface area contributed by atoms with E-state index in [2.05, 4.69) is 35.5 Å². The number of fused-ring (bicyclic) bond motifs is 2. The van der Waals surface area contributed by atoms with Gasteiger partial charge in [0.15, 0.2) is 0 Å². The zero-order chi connectivity index (χ0) is 23.1. The molecule has 1 aliphatic carbocycles. The predicted octanol–water partition coefficient (Wildman–Crippen LogP) is 4.14. The smallest absolute Gasteiger partial charge is 0.251 e. The molecule has 2 N–H and O–H groups in total. The second-order valence-corrected chi connectivity index (χ2v) is 9.81. The molecular formula is C28H32N2O3. The maximum atomic E-state index is 13.2. The van der Waals surface area contributed by atoms with Gasteiger partial charge in [-0.1, -0.05) is 42.5 Å². The first-order valence-corrected chi connectivity index (χ1v) is 11.8. The molecule has 0 aromatic heterocycles. The van der Waals surface area contributed by atoms with Gasteiger partial charge >= 0.3 is 0 Å². The maximum absolute atomic E-state index is 13.2. The van der Waals surface area contributed by atoms with Crippen LogP contribution in [0, 0.1) is 0 Å². The number of amides is 1. The standard InChI is InChI=1S/C28H32N2O3/c1-30-15-14-27(23-8-5-9-25(17-23)33-2)18-24(12-13-28(27,32)19-30)29-26(31)22-11-10-20-6-3-4-7-21(20)16-22/h3-11,16-17,24,32H,12-15,18-19H2,1-2H3,(H,29,31)/t24-,27-,28-/m0/s1. The summed E-state index contributed by atoms with van der Waals surface area (Å²) in [4.78, 5) is 15.4. The lowest BCUT2D eigenvalue weighted by Crippen LogP contribution is -2.66. The molecule has 1 saturated heterocycles. The van der Waals surface area contributed by atoms with Crippen molar-refractivity contribution in [1.82, 2.24) is 10.2 Å². The Morgan fingerprint density at radius 2 is 1.88 bits per heavy atom. The number of hydrogen-bond donors (Lipinski definition) is 2. The Hall–Kier alpha value is -2.89. The minimum atomic E-state index is -0.837. The van der Waals surface area contributed by atoms with Gasteiger partial charge in [0.25, 0.3) is 5.91 Å². The molecule has 0 spiro atoms. The monoisotopic (exact) mass is 444 g/mol. The molecule has 2 aliphatic rings. The first kappa shape index (κ1) is 21.9. The quantitative estimate of drug-likeness (QED) is 0.635. The van der Waals surface area contributed by atoms with E-state index in [4.69, 9.17) is 4.74 Å². The van der Waals surface area contributed by atoms with E-state index in [1.807, 2.05) is 48.5 Å². The molecule has 33 heavy (non-hydrogen) atoms. The number of β-amino-alcohol motifs (C(OH)–C–C–N with tert-alkyl or cyclic N) is 1. The summed E-state index contributed by atoms with van der Waals surface area (Å²) >= 11 is 0. The lowest BCUT2D eigenvalue weighted by molar-refractivity contribution is -0.121. The number of aliphatic hydroxyl groups is 1. The third-order valence-corrected chi connectivity index (χ3v) is 7.81. The Morgan fingerprint density at radius 1 is 1.06 bits per heavy atom. The zero-order valence-corrected chi connectivity index (χ0v) is 19.4. The van der Waals surface area contributed by atoms with Gasteiger partial charge in [-0.25, -0.2) is 0 Å². The molecule has 0 unspecified atom stereocenters. The van der Waals surface area contributed by atoms with Crippen LogP contribution in [0.4, 0.5) is 0 Å². The Balaban J connectivity index is 1.43. The molecule has 2 fully saturated rings. The van der Waals surface area contributed by atoms with Crippen LogP contribution in [-0.2, 0) is 5.41 Å². The van der Waals surface area contributed by atoms with Crippen molar-refractivity contribution in [2.24, 2.45) is 0 Å². The number of piperidine rings is 1. The highest BCUT2D eigenvalue weighted by Gasteiger charge is 2.57. The Labute approximate surface area is 195 Å². The number of carbonyl (C=O) groups is 1. The summed E-state index contributed by atoms with van der Waals surface area (Å²) in [6.07, 6.45) is 2.96. The van der Waals surface area contributed by atoms with Crippen molar-refractivity contribution in [3.8, 4) is 5.75 Å². The van der Waals surface area contributed by atoms with Crippen LogP contribution in [0.5, 0.6) is 5.75 Å². The van der Waals surface area contributed by atoms with Gasteiger partial charge < -0.3 is 20.1 Å². The maximum Gasteiger partial charge on any atom is 0.251 e. The van der Waals surface area contributed by atoms with Crippen molar-refractivity contribution in [3.63, 3.8) is 0 Å². The molecule has 1 heterocycles. The number of rotatable bonds is 4. The summed E-state index contributed by atoms with van der Waals surface area (Å²) in [7, 11) is 3.74. The van der Waals surface area contributed by atoms with Crippen molar-refractivity contribution in [2.75, 3.05) is 27.2 Å². The lowest BCUT2D eigenvalue weighted by atomic mass is 9.55. The zero-order valence-electron chi connectivity index (χ0n) is 19.4. The van der Waals surface area contributed by atoms with E-state index >= 15 is 0 Å². The van der Waals surface area contributed by atoms with E-state index < -0.39 is 11.0 Å². The fraction of sp³-hybridized carbons (Fsp3) is 0.393. The number of methoxy groups -OCH3 is 1. The lowest BCUT2D eigenvalue weighted by Gasteiger charge is -2.57.